The van der Waals surface area contributed by atoms with Crippen LogP contribution in [0, 0.1) is 6.92 Å². The van der Waals surface area contributed by atoms with Crippen LogP contribution in [0.15, 0.2) is 64.5 Å². The first-order valence-electron chi connectivity index (χ1n) is 7.90. The van der Waals surface area contributed by atoms with Crippen LogP contribution in [0.4, 0.5) is 5.69 Å². The Morgan fingerprint density at radius 2 is 1.68 bits per heavy atom. The van der Waals surface area contributed by atoms with Crippen molar-refractivity contribution in [2.45, 2.75) is 6.92 Å². The number of rotatable bonds is 4. The van der Waals surface area contributed by atoms with E-state index in [2.05, 4.69) is 15.3 Å². The number of aryl methyl sites for hydroxylation is 1. The van der Waals surface area contributed by atoms with Gasteiger partial charge in [-0.1, -0.05) is 42.5 Å². The van der Waals surface area contributed by atoms with E-state index in [0.717, 1.165) is 16.8 Å². The summed E-state index contributed by atoms with van der Waals surface area (Å²) in [5.74, 6) is 0.436. The van der Waals surface area contributed by atoms with Crippen LogP contribution in [0.2, 0.25) is 0 Å². The van der Waals surface area contributed by atoms with Crippen molar-refractivity contribution in [1.82, 2.24) is 14.9 Å². The van der Waals surface area contributed by atoms with E-state index in [4.69, 9.17) is 0 Å². The number of benzene rings is 2. The molecule has 0 atom stereocenters. The molecule has 0 radical (unpaired) electrons. The van der Waals surface area contributed by atoms with Gasteiger partial charge in [-0.25, -0.2) is 0 Å². The van der Waals surface area contributed by atoms with Crippen LogP contribution in [0.5, 0.6) is 0 Å². The Kier molecular flexibility index (Phi) is 4.70. The van der Waals surface area contributed by atoms with Crippen LogP contribution in [-0.4, -0.2) is 35.2 Å². The summed E-state index contributed by atoms with van der Waals surface area (Å²) >= 11 is 0. The summed E-state index contributed by atoms with van der Waals surface area (Å²) in [6, 6.07) is 17.2. The summed E-state index contributed by atoms with van der Waals surface area (Å²) < 4.78 is 1.27. The third-order valence-electron chi connectivity index (χ3n) is 3.78. The van der Waals surface area contributed by atoms with Gasteiger partial charge >= 0.3 is 5.56 Å². The predicted octanol–water partition coefficient (Wildman–Crippen LogP) is 2.56. The lowest BCUT2D eigenvalue weighted by Gasteiger charge is -2.11. The molecule has 3 rings (SSSR count). The zero-order chi connectivity index (χ0) is 17.8. The van der Waals surface area contributed by atoms with Crippen LogP contribution >= 0.6 is 0 Å². The second kappa shape index (κ2) is 7.09. The maximum absolute atomic E-state index is 12.7. The Balaban J connectivity index is 1.96. The highest BCUT2D eigenvalue weighted by atomic mass is 16.1. The molecule has 1 heterocycles. The van der Waals surface area contributed by atoms with Crippen LogP contribution in [0.1, 0.15) is 11.4 Å². The molecule has 0 aliphatic carbocycles. The van der Waals surface area contributed by atoms with Crippen LogP contribution in [-0.2, 0) is 0 Å². The summed E-state index contributed by atoms with van der Waals surface area (Å²) in [6.07, 6.45) is 1.64. The first kappa shape index (κ1) is 16.6. The topological polar surface area (TPSA) is 63.4 Å². The summed E-state index contributed by atoms with van der Waals surface area (Å²) in [6.45, 7) is 1.70. The Morgan fingerprint density at radius 1 is 1.00 bits per heavy atom. The monoisotopic (exact) mass is 333 g/mol. The van der Waals surface area contributed by atoms with Gasteiger partial charge in [-0.05, 0) is 24.6 Å². The molecule has 3 aromatic rings. The Morgan fingerprint density at radius 3 is 2.32 bits per heavy atom. The lowest BCUT2D eigenvalue weighted by molar-refractivity contribution is 0.717. The van der Waals surface area contributed by atoms with E-state index in [-0.39, 0.29) is 11.3 Å². The lowest BCUT2D eigenvalue weighted by atomic mass is 10.2. The third kappa shape index (κ3) is 3.63. The number of anilines is 1. The molecule has 126 valence electrons. The second-order valence-corrected chi connectivity index (χ2v) is 5.81. The van der Waals surface area contributed by atoms with Crippen molar-refractivity contribution in [3.63, 3.8) is 0 Å². The SMILES string of the molecule is Cc1nnc(-c2ccccc2)c(=O)n1N=Cc1ccc(N(C)C)cc1. The van der Waals surface area contributed by atoms with E-state index >= 15 is 0 Å². The quantitative estimate of drug-likeness (QED) is 0.688. The highest BCUT2D eigenvalue weighted by Crippen LogP contribution is 2.12. The Labute approximate surface area is 146 Å². The number of hydrogen-bond donors (Lipinski definition) is 0. The van der Waals surface area contributed by atoms with Crippen LogP contribution in [0.25, 0.3) is 11.3 Å². The summed E-state index contributed by atoms with van der Waals surface area (Å²) in [7, 11) is 3.97. The zero-order valence-corrected chi connectivity index (χ0v) is 14.4. The molecule has 0 amide bonds. The smallest absolute Gasteiger partial charge is 0.301 e. The summed E-state index contributed by atoms with van der Waals surface area (Å²) in [5, 5.41) is 12.4. The average molecular weight is 333 g/mol. The van der Waals surface area contributed by atoms with Gasteiger partial charge in [0.15, 0.2) is 11.5 Å². The molecule has 25 heavy (non-hydrogen) atoms. The molecule has 0 spiro atoms. The zero-order valence-electron chi connectivity index (χ0n) is 14.4. The van der Waals surface area contributed by atoms with Gasteiger partial charge in [-0.15, -0.1) is 10.2 Å². The van der Waals surface area contributed by atoms with E-state index in [1.807, 2.05) is 73.6 Å². The molecule has 0 N–H and O–H groups in total. The fraction of sp³-hybridized carbons (Fsp3) is 0.158. The number of hydrogen-bond acceptors (Lipinski definition) is 5. The minimum Gasteiger partial charge on any atom is -0.378 e. The van der Waals surface area contributed by atoms with Crippen molar-refractivity contribution in [1.29, 1.82) is 0 Å². The van der Waals surface area contributed by atoms with Crippen LogP contribution in [0.3, 0.4) is 0 Å². The second-order valence-electron chi connectivity index (χ2n) is 5.81. The molecular formula is C19H19N5O. The van der Waals surface area contributed by atoms with E-state index in [0.29, 0.717) is 5.82 Å². The highest BCUT2D eigenvalue weighted by molar-refractivity contribution is 5.80. The first-order chi connectivity index (χ1) is 12.1. The van der Waals surface area contributed by atoms with Crippen molar-refractivity contribution in [3.8, 4) is 11.3 Å². The molecule has 0 aliphatic heterocycles. The van der Waals surface area contributed by atoms with Crippen molar-refractivity contribution < 1.29 is 0 Å². The van der Waals surface area contributed by atoms with Gasteiger partial charge < -0.3 is 4.90 Å². The normalized spacial score (nSPS) is 11.0. The molecule has 0 bridgehead atoms. The van der Waals surface area contributed by atoms with E-state index in [1.165, 1.54) is 4.68 Å². The molecule has 2 aromatic carbocycles. The van der Waals surface area contributed by atoms with Crippen molar-refractivity contribution in [3.05, 3.63) is 76.3 Å². The van der Waals surface area contributed by atoms with Crippen molar-refractivity contribution in [2.75, 3.05) is 19.0 Å². The minimum absolute atomic E-state index is 0.284. The maximum Gasteiger partial charge on any atom is 0.301 e. The van der Waals surface area contributed by atoms with Gasteiger partial charge in [0, 0.05) is 25.3 Å². The van der Waals surface area contributed by atoms with Gasteiger partial charge in [0.1, 0.15) is 0 Å². The molecule has 1 aromatic heterocycles. The van der Waals surface area contributed by atoms with Crippen LogP contribution < -0.4 is 10.5 Å². The van der Waals surface area contributed by atoms with Crippen molar-refractivity contribution in [2.24, 2.45) is 5.10 Å². The molecule has 6 nitrogen and oxygen atoms in total. The third-order valence-corrected chi connectivity index (χ3v) is 3.78. The summed E-state index contributed by atoms with van der Waals surface area (Å²) in [4.78, 5) is 14.7. The molecule has 0 saturated heterocycles. The molecular weight excluding hydrogens is 314 g/mol. The van der Waals surface area contributed by atoms with Crippen molar-refractivity contribution >= 4 is 11.9 Å². The molecule has 6 heteroatoms. The molecule has 0 unspecified atom stereocenters. The largest absolute Gasteiger partial charge is 0.378 e. The van der Waals surface area contributed by atoms with E-state index in [1.54, 1.807) is 13.1 Å². The van der Waals surface area contributed by atoms with Gasteiger partial charge in [0.2, 0.25) is 0 Å². The minimum atomic E-state index is -0.292. The van der Waals surface area contributed by atoms with E-state index in [9.17, 15) is 4.79 Å². The first-order valence-corrected chi connectivity index (χ1v) is 7.90. The average Bonchev–Trinajstić information content (AvgIpc) is 2.63. The predicted molar refractivity (Wildman–Crippen MR) is 100 cm³/mol. The highest BCUT2D eigenvalue weighted by Gasteiger charge is 2.10. The molecule has 0 aliphatic rings. The summed E-state index contributed by atoms with van der Waals surface area (Å²) in [5.41, 5.74) is 2.71. The maximum atomic E-state index is 12.7. The fourth-order valence-corrected chi connectivity index (χ4v) is 2.35. The van der Waals surface area contributed by atoms with Gasteiger partial charge in [-0.2, -0.15) is 9.78 Å². The van der Waals surface area contributed by atoms with E-state index < -0.39 is 0 Å². The lowest BCUT2D eigenvalue weighted by Crippen LogP contribution is -2.23. The Bertz CT molecular complexity index is 944. The fourth-order valence-electron chi connectivity index (χ4n) is 2.35. The molecule has 0 saturated carbocycles. The van der Waals surface area contributed by atoms with Gasteiger partial charge in [-0.3, -0.25) is 4.79 Å². The standard InChI is InChI=1S/C19H19N5O/c1-14-21-22-18(16-7-5-4-6-8-16)19(25)24(14)20-13-15-9-11-17(12-10-15)23(2)3/h4-13H,1-3H3. The van der Waals surface area contributed by atoms with Gasteiger partial charge in [0.05, 0.1) is 6.21 Å². The Hall–Kier alpha value is -3.28. The number of nitrogens with zero attached hydrogens (tertiary/aromatic N) is 5. The number of aromatic nitrogens is 3. The van der Waals surface area contributed by atoms with Gasteiger partial charge in [0.25, 0.3) is 0 Å². The molecule has 0 fully saturated rings.